The summed E-state index contributed by atoms with van der Waals surface area (Å²) in [6, 6.07) is 10.4. The average molecular weight is 464 g/mol. The monoisotopic (exact) mass is 463 g/mol. The van der Waals surface area contributed by atoms with Gasteiger partial charge in [-0.3, -0.25) is 14.4 Å². The maximum absolute atomic E-state index is 13.4. The third kappa shape index (κ3) is 4.36. The number of carbonyl (C=O) groups excluding carboxylic acids is 3. The van der Waals surface area contributed by atoms with Crippen molar-refractivity contribution in [2.24, 2.45) is 5.92 Å². The second-order valence-electron chi connectivity index (χ2n) is 9.90. The number of carbonyl (C=O) groups is 3. The summed E-state index contributed by atoms with van der Waals surface area (Å²) in [5, 5.41) is 12.3. The first-order valence-corrected chi connectivity index (χ1v) is 12.6. The van der Waals surface area contributed by atoms with Gasteiger partial charge in [0.15, 0.2) is 0 Å². The summed E-state index contributed by atoms with van der Waals surface area (Å²) >= 11 is 0. The Labute approximate surface area is 200 Å². The lowest BCUT2D eigenvalue weighted by Gasteiger charge is -2.37. The van der Waals surface area contributed by atoms with Crippen LogP contribution in [0.15, 0.2) is 36.4 Å². The first-order chi connectivity index (χ1) is 16.5. The molecule has 2 aromatic rings. The number of phenolic OH excluding ortho intramolecular Hbond substituents is 1. The fourth-order valence-electron chi connectivity index (χ4n) is 5.83. The van der Waals surface area contributed by atoms with E-state index in [1.54, 1.807) is 21.9 Å². The quantitative estimate of drug-likeness (QED) is 0.754. The molecule has 2 heterocycles. The van der Waals surface area contributed by atoms with Crippen LogP contribution in [0.2, 0.25) is 0 Å². The molecule has 1 N–H and O–H groups in total. The minimum Gasteiger partial charge on any atom is -0.506 e. The molecule has 1 aliphatic carbocycles. The van der Waals surface area contributed by atoms with Gasteiger partial charge in [0, 0.05) is 44.5 Å². The summed E-state index contributed by atoms with van der Waals surface area (Å²) in [5.74, 6) is 0.356. The summed E-state index contributed by atoms with van der Waals surface area (Å²) in [6.45, 7) is 2.64. The van der Waals surface area contributed by atoms with Gasteiger partial charge < -0.3 is 19.8 Å². The topological polar surface area (TPSA) is 81.2 Å². The van der Waals surface area contributed by atoms with Gasteiger partial charge in [-0.1, -0.05) is 43.2 Å². The van der Waals surface area contributed by atoms with Crippen molar-refractivity contribution < 1.29 is 19.5 Å². The molecule has 1 unspecified atom stereocenters. The number of aromatic hydroxyl groups is 1. The van der Waals surface area contributed by atoms with Crippen LogP contribution in [-0.2, 0) is 9.59 Å². The van der Waals surface area contributed by atoms with Crippen LogP contribution in [0.3, 0.4) is 0 Å². The largest absolute Gasteiger partial charge is 0.506 e. The van der Waals surface area contributed by atoms with Crippen LogP contribution in [-0.4, -0.2) is 76.3 Å². The Morgan fingerprint density at radius 3 is 2.29 bits per heavy atom. The Kier molecular flexibility index (Phi) is 6.44. The SMILES string of the molecule is O=C(CC1CCCC1)N1CCN(C(=O)C2CCCN2C(=O)c2ccc3ccccc3c2O)CC1. The van der Waals surface area contributed by atoms with Crippen LogP contribution in [0.5, 0.6) is 5.75 Å². The van der Waals surface area contributed by atoms with Gasteiger partial charge in [-0.2, -0.15) is 0 Å². The molecule has 3 aliphatic rings. The lowest BCUT2D eigenvalue weighted by molar-refractivity contribution is -0.142. The number of nitrogens with zero attached hydrogens (tertiary/aromatic N) is 3. The van der Waals surface area contributed by atoms with E-state index < -0.39 is 6.04 Å². The summed E-state index contributed by atoms with van der Waals surface area (Å²) in [5.41, 5.74) is 0.237. The number of hydrogen-bond donors (Lipinski definition) is 1. The molecule has 2 aromatic carbocycles. The maximum Gasteiger partial charge on any atom is 0.258 e. The van der Waals surface area contributed by atoms with Crippen molar-refractivity contribution in [3.05, 3.63) is 42.0 Å². The predicted molar refractivity (Wildman–Crippen MR) is 129 cm³/mol. The molecule has 0 spiro atoms. The number of hydrogen-bond acceptors (Lipinski definition) is 4. The van der Waals surface area contributed by atoms with Crippen molar-refractivity contribution in [1.82, 2.24) is 14.7 Å². The van der Waals surface area contributed by atoms with E-state index in [-0.39, 0.29) is 29.0 Å². The smallest absolute Gasteiger partial charge is 0.258 e. The first-order valence-electron chi connectivity index (χ1n) is 12.6. The number of benzene rings is 2. The number of fused-ring (bicyclic) bond motifs is 1. The Balaban J connectivity index is 1.23. The van der Waals surface area contributed by atoms with E-state index >= 15 is 0 Å². The molecular weight excluding hydrogens is 430 g/mol. The van der Waals surface area contributed by atoms with Crippen molar-refractivity contribution >= 4 is 28.5 Å². The molecule has 1 saturated carbocycles. The van der Waals surface area contributed by atoms with Gasteiger partial charge in [0.1, 0.15) is 11.8 Å². The highest BCUT2D eigenvalue weighted by Gasteiger charge is 2.39. The van der Waals surface area contributed by atoms with E-state index in [4.69, 9.17) is 0 Å². The second kappa shape index (κ2) is 9.65. The minimum atomic E-state index is -0.515. The fraction of sp³-hybridized carbons (Fsp3) is 0.519. The highest BCUT2D eigenvalue weighted by atomic mass is 16.3. The molecule has 34 heavy (non-hydrogen) atoms. The predicted octanol–water partition coefficient (Wildman–Crippen LogP) is 3.40. The van der Waals surface area contributed by atoms with Gasteiger partial charge in [-0.15, -0.1) is 0 Å². The third-order valence-electron chi connectivity index (χ3n) is 7.81. The van der Waals surface area contributed by atoms with Crippen molar-refractivity contribution in [3.63, 3.8) is 0 Å². The van der Waals surface area contributed by atoms with E-state index in [0.29, 0.717) is 56.9 Å². The summed E-state index contributed by atoms with van der Waals surface area (Å²) < 4.78 is 0. The third-order valence-corrected chi connectivity index (χ3v) is 7.81. The normalized spacial score (nSPS) is 21.4. The van der Waals surface area contributed by atoms with Gasteiger partial charge in [0.25, 0.3) is 5.91 Å². The standard InChI is InChI=1S/C27H33N3O4/c31-24(18-19-6-1-2-7-19)28-14-16-29(17-15-28)27(34)23-10-5-13-30(23)26(33)22-12-11-20-8-3-4-9-21(20)25(22)32/h3-4,8-9,11-12,19,23,32H,1-2,5-7,10,13-18H2. The van der Waals surface area contributed by atoms with Gasteiger partial charge in [-0.05, 0) is 43.1 Å². The number of piperazine rings is 1. The van der Waals surface area contributed by atoms with Crippen LogP contribution in [0.25, 0.3) is 10.8 Å². The van der Waals surface area contributed by atoms with Crippen molar-refractivity contribution in [2.45, 2.75) is 51.0 Å². The van der Waals surface area contributed by atoms with Gasteiger partial charge in [-0.25, -0.2) is 0 Å². The molecule has 1 atom stereocenters. The molecule has 3 fully saturated rings. The molecule has 0 aromatic heterocycles. The van der Waals surface area contributed by atoms with Crippen LogP contribution in [0.1, 0.15) is 55.3 Å². The zero-order valence-electron chi connectivity index (χ0n) is 19.6. The lowest BCUT2D eigenvalue weighted by Crippen LogP contribution is -2.55. The van der Waals surface area contributed by atoms with E-state index in [0.717, 1.165) is 24.6 Å². The van der Waals surface area contributed by atoms with Gasteiger partial charge in [0.2, 0.25) is 11.8 Å². The minimum absolute atomic E-state index is 0.0319. The Morgan fingerprint density at radius 1 is 0.824 bits per heavy atom. The molecule has 0 bridgehead atoms. The van der Waals surface area contributed by atoms with Crippen LogP contribution in [0.4, 0.5) is 0 Å². The number of amides is 3. The average Bonchev–Trinajstić information content (AvgIpc) is 3.56. The highest BCUT2D eigenvalue weighted by molar-refractivity contribution is 6.05. The summed E-state index contributed by atoms with van der Waals surface area (Å²) in [6.07, 6.45) is 6.79. The molecule has 5 rings (SSSR count). The number of phenols is 1. The molecule has 0 radical (unpaired) electrons. The van der Waals surface area contributed by atoms with Crippen LogP contribution >= 0.6 is 0 Å². The molecule has 2 saturated heterocycles. The zero-order chi connectivity index (χ0) is 23.7. The molecule has 7 heteroatoms. The van der Waals surface area contributed by atoms with Crippen LogP contribution < -0.4 is 0 Å². The molecule has 7 nitrogen and oxygen atoms in total. The van der Waals surface area contributed by atoms with E-state index in [9.17, 15) is 19.5 Å². The fourth-order valence-corrected chi connectivity index (χ4v) is 5.83. The molecule has 180 valence electrons. The Morgan fingerprint density at radius 2 is 1.53 bits per heavy atom. The van der Waals surface area contributed by atoms with Crippen molar-refractivity contribution in [3.8, 4) is 5.75 Å². The molecular formula is C27H33N3O4. The van der Waals surface area contributed by atoms with E-state index in [1.807, 2.05) is 29.2 Å². The first kappa shape index (κ1) is 22.7. The maximum atomic E-state index is 13.4. The summed E-state index contributed by atoms with van der Waals surface area (Å²) in [7, 11) is 0. The molecule has 2 aliphatic heterocycles. The van der Waals surface area contributed by atoms with Crippen molar-refractivity contribution in [1.29, 1.82) is 0 Å². The zero-order valence-corrected chi connectivity index (χ0v) is 19.6. The van der Waals surface area contributed by atoms with Gasteiger partial charge in [0.05, 0.1) is 5.56 Å². The van der Waals surface area contributed by atoms with Gasteiger partial charge >= 0.3 is 0 Å². The van der Waals surface area contributed by atoms with Crippen molar-refractivity contribution in [2.75, 3.05) is 32.7 Å². The highest BCUT2D eigenvalue weighted by Crippen LogP contribution is 2.32. The van der Waals surface area contributed by atoms with Crippen LogP contribution in [0, 0.1) is 5.92 Å². The summed E-state index contributed by atoms with van der Waals surface area (Å²) in [4.78, 5) is 44.7. The molecule has 3 amide bonds. The Hall–Kier alpha value is -3.09. The Bertz CT molecular complexity index is 1090. The lowest BCUT2D eigenvalue weighted by atomic mass is 10.0. The number of rotatable bonds is 4. The number of likely N-dealkylation sites (tertiary alicyclic amines) is 1. The second-order valence-corrected chi connectivity index (χ2v) is 9.90. The van der Waals surface area contributed by atoms with E-state index in [2.05, 4.69) is 0 Å². The van der Waals surface area contributed by atoms with E-state index in [1.165, 1.54) is 12.8 Å².